The lowest BCUT2D eigenvalue weighted by Crippen LogP contribution is -2.43. The first-order chi connectivity index (χ1) is 10.5. The molecule has 0 aliphatic carbocycles. The van der Waals surface area contributed by atoms with Gasteiger partial charge in [-0.1, -0.05) is 37.3 Å². The highest BCUT2D eigenvalue weighted by Gasteiger charge is 2.35. The predicted octanol–water partition coefficient (Wildman–Crippen LogP) is 2.44. The fourth-order valence-corrected chi connectivity index (χ4v) is 2.27. The van der Waals surface area contributed by atoms with Gasteiger partial charge in [0, 0.05) is 18.3 Å². The Balaban J connectivity index is 2.15. The Labute approximate surface area is 129 Å². The monoisotopic (exact) mass is 302 g/mol. The van der Waals surface area contributed by atoms with Crippen molar-refractivity contribution in [3.63, 3.8) is 0 Å². The number of halogens is 1. The number of benzene rings is 1. The highest BCUT2D eigenvalue weighted by molar-refractivity contribution is 5.86. The fourth-order valence-electron chi connectivity index (χ4n) is 2.27. The third-order valence-corrected chi connectivity index (χ3v) is 3.63. The topological polar surface area (TPSA) is 62.2 Å². The molecule has 0 saturated heterocycles. The second-order valence-corrected chi connectivity index (χ2v) is 5.23. The summed E-state index contributed by atoms with van der Waals surface area (Å²) in [5.41, 5.74) is -0.0215. The molecule has 2 N–H and O–H groups in total. The largest absolute Gasteiger partial charge is 0.375 e. The molecule has 0 aliphatic rings. The van der Waals surface area contributed by atoms with Crippen LogP contribution >= 0.6 is 0 Å². The van der Waals surface area contributed by atoms with Gasteiger partial charge in [-0.25, -0.2) is 4.98 Å². The number of carbonyl (C=O) groups excluding carboxylic acids is 1. The normalized spacial score (nSPS) is 13.5. The van der Waals surface area contributed by atoms with Crippen LogP contribution in [0, 0.1) is 12.9 Å². The lowest BCUT2D eigenvalue weighted by molar-refractivity contribution is -0.141. The molecule has 2 aromatic rings. The molecule has 116 valence electrons. The van der Waals surface area contributed by atoms with Crippen molar-refractivity contribution in [2.45, 2.75) is 32.4 Å². The molecule has 0 spiro atoms. The van der Waals surface area contributed by atoms with Crippen molar-refractivity contribution in [2.75, 3.05) is 0 Å². The first-order valence-corrected chi connectivity index (χ1v) is 7.14. The molecular formula is C17H19FN2O2. The van der Waals surface area contributed by atoms with Crippen molar-refractivity contribution in [1.82, 2.24) is 10.3 Å². The van der Waals surface area contributed by atoms with Crippen LogP contribution in [0.4, 0.5) is 4.39 Å². The van der Waals surface area contributed by atoms with Crippen molar-refractivity contribution < 1.29 is 14.3 Å². The zero-order valence-corrected chi connectivity index (χ0v) is 12.6. The summed E-state index contributed by atoms with van der Waals surface area (Å²) in [6.45, 7) is 3.50. The average molecular weight is 302 g/mol. The molecule has 0 bridgehead atoms. The Kier molecular flexibility index (Phi) is 4.88. The number of aromatic nitrogens is 1. The molecule has 0 unspecified atom stereocenters. The van der Waals surface area contributed by atoms with E-state index < -0.39 is 17.5 Å². The van der Waals surface area contributed by atoms with E-state index in [2.05, 4.69) is 10.3 Å². The average Bonchev–Trinajstić information content (AvgIpc) is 2.55. The van der Waals surface area contributed by atoms with E-state index in [0.717, 1.165) is 5.56 Å². The van der Waals surface area contributed by atoms with Gasteiger partial charge in [0.25, 0.3) is 5.91 Å². The van der Waals surface area contributed by atoms with Crippen LogP contribution in [0.15, 0.2) is 42.6 Å². The molecule has 0 radical (unpaired) electrons. The van der Waals surface area contributed by atoms with Gasteiger partial charge in [0.1, 0.15) is 0 Å². The van der Waals surface area contributed by atoms with Crippen LogP contribution in [0.3, 0.4) is 0 Å². The summed E-state index contributed by atoms with van der Waals surface area (Å²) in [4.78, 5) is 16.0. The van der Waals surface area contributed by atoms with Crippen molar-refractivity contribution >= 4 is 5.91 Å². The molecule has 0 saturated carbocycles. The van der Waals surface area contributed by atoms with Gasteiger partial charge in [0.05, 0.1) is 0 Å². The highest BCUT2D eigenvalue weighted by Crippen LogP contribution is 2.25. The molecule has 5 heteroatoms. The minimum atomic E-state index is -1.63. The van der Waals surface area contributed by atoms with Gasteiger partial charge in [-0.2, -0.15) is 4.39 Å². The van der Waals surface area contributed by atoms with E-state index in [1.165, 1.54) is 6.20 Å². The maximum Gasteiger partial charge on any atom is 0.256 e. The van der Waals surface area contributed by atoms with E-state index in [4.69, 9.17) is 0 Å². The second kappa shape index (κ2) is 6.66. The Hall–Kier alpha value is -2.27. The zero-order chi connectivity index (χ0) is 16.2. The first kappa shape index (κ1) is 16.1. The Bertz CT molecular complexity index is 661. The fraction of sp³-hybridized carbons (Fsp3) is 0.294. The number of rotatable bonds is 5. The van der Waals surface area contributed by atoms with Crippen LogP contribution in [0.1, 0.15) is 30.0 Å². The number of aliphatic hydroxyl groups is 1. The summed E-state index contributed by atoms with van der Waals surface area (Å²) in [6, 6.07) is 10.3. The number of pyridine rings is 1. The standard InChI is InChI=1S/C17H19FN2O2/c1-3-17(22,14-7-5-4-6-8-14)16(21)20-11-13-9-12(2)10-19-15(13)18/h4-10,22H,3,11H2,1-2H3,(H,20,21)/t17-/m1/s1. The molecule has 0 aliphatic heterocycles. The van der Waals surface area contributed by atoms with Crippen molar-refractivity contribution in [1.29, 1.82) is 0 Å². The number of hydrogen-bond acceptors (Lipinski definition) is 3. The molecular weight excluding hydrogens is 283 g/mol. The molecule has 0 fully saturated rings. The maximum absolute atomic E-state index is 13.6. The van der Waals surface area contributed by atoms with Gasteiger partial charge in [-0.05, 0) is 30.5 Å². The van der Waals surface area contributed by atoms with Crippen LogP contribution in [-0.4, -0.2) is 16.0 Å². The Morgan fingerprint density at radius 1 is 1.36 bits per heavy atom. The van der Waals surface area contributed by atoms with Gasteiger partial charge in [0.15, 0.2) is 5.60 Å². The third kappa shape index (κ3) is 3.31. The quantitative estimate of drug-likeness (QED) is 0.834. The summed E-state index contributed by atoms with van der Waals surface area (Å²) >= 11 is 0. The van der Waals surface area contributed by atoms with E-state index in [9.17, 15) is 14.3 Å². The second-order valence-electron chi connectivity index (χ2n) is 5.23. The van der Waals surface area contributed by atoms with Gasteiger partial charge < -0.3 is 10.4 Å². The van der Waals surface area contributed by atoms with E-state index in [0.29, 0.717) is 11.1 Å². The SMILES string of the molecule is CC[C@](O)(C(=O)NCc1cc(C)cnc1F)c1ccccc1. The van der Waals surface area contributed by atoms with E-state index in [-0.39, 0.29) is 13.0 Å². The number of hydrogen-bond donors (Lipinski definition) is 2. The van der Waals surface area contributed by atoms with Crippen molar-refractivity contribution in [2.24, 2.45) is 0 Å². The van der Waals surface area contributed by atoms with Crippen molar-refractivity contribution in [3.05, 3.63) is 65.2 Å². The molecule has 1 atom stereocenters. The summed E-state index contributed by atoms with van der Waals surface area (Å²) in [7, 11) is 0. The molecule has 1 amide bonds. The van der Waals surface area contributed by atoms with Gasteiger partial charge in [-0.3, -0.25) is 4.79 Å². The first-order valence-electron chi connectivity index (χ1n) is 7.14. The van der Waals surface area contributed by atoms with Gasteiger partial charge >= 0.3 is 0 Å². The summed E-state index contributed by atoms with van der Waals surface area (Å²) in [5, 5.41) is 13.2. The number of nitrogens with one attached hydrogen (secondary N) is 1. The number of carbonyl (C=O) groups is 1. The lowest BCUT2D eigenvalue weighted by Gasteiger charge is -2.26. The zero-order valence-electron chi connectivity index (χ0n) is 12.6. The number of nitrogens with zero attached hydrogens (tertiary/aromatic N) is 1. The van der Waals surface area contributed by atoms with Crippen LogP contribution in [0.25, 0.3) is 0 Å². The number of aryl methyl sites for hydroxylation is 1. The number of amides is 1. The summed E-state index contributed by atoms with van der Waals surface area (Å²) in [5.74, 6) is -1.17. The third-order valence-electron chi connectivity index (χ3n) is 3.63. The minimum absolute atomic E-state index is 0.0194. The highest BCUT2D eigenvalue weighted by atomic mass is 19.1. The van der Waals surface area contributed by atoms with Gasteiger partial charge in [0.2, 0.25) is 5.95 Å². The smallest absolute Gasteiger partial charge is 0.256 e. The van der Waals surface area contributed by atoms with Crippen molar-refractivity contribution in [3.8, 4) is 0 Å². The van der Waals surface area contributed by atoms with Gasteiger partial charge in [-0.15, -0.1) is 0 Å². The molecule has 1 heterocycles. The molecule has 22 heavy (non-hydrogen) atoms. The molecule has 4 nitrogen and oxygen atoms in total. The van der Waals surface area contributed by atoms with Crippen LogP contribution in [-0.2, 0) is 16.9 Å². The molecule has 2 rings (SSSR count). The lowest BCUT2D eigenvalue weighted by atomic mass is 9.90. The minimum Gasteiger partial charge on any atom is -0.375 e. The molecule has 1 aromatic heterocycles. The summed E-state index contributed by atoms with van der Waals surface area (Å²) < 4.78 is 13.6. The van der Waals surface area contributed by atoms with E-state index in [1.807, 2.05) is 6.07 Å². The Morgan fingerprint density at radius 3 is 2.68 bits per heavy atom. The summed E-state index contributed by atoms with van der Waals surface area (Å²) in [6.07, 6.45) is 1.64. The Morgan fingerprint density at radius 2 is 2.05 bits per heavy atom. The van der Waals surface area contributed by atoms with E-state index in [1.54, 1.807) is 44.2 Å². The maximum atomic E-state index is 13.6. The molecule has 1 aromatic carbocycles. The van der Waals surface area contributed by atoms with Crippen LogP contribution in [0.5, 0.6) is 0 Å². The van der Waals surface area contributed by atoms with E-state index >= 15 is 0 Å². The predicted molar refractivity (Wildman–Crippen MR) is 81.4 cm³/mol. The van der Waals surface area contributed by atoms with Crippen LogP contribution < -0.4 is 5.32 Å². The van der Waals surface area contributed by atoms with Crippen LogP contribution in [0.2, 0.25) is 0 Å².